The van der Waals surface area contributed by atoms with E-state index in [1.165, 1.54) is 59.6 Å². The van der Waals surface area contributed by atoms with Gasteiger partial charge in [0.05, 0.1) is 110 Å². The first kappa shape index (κ1) is 90.9. The molecule has 58 nitrogen and oxygen atoms in total. The molecule has 0 saturated heterocycles. The van der Waals surface area contributed by atoms with Crippen LogP contribution in [0.5, 0.6) is 12.0 Å². The van der Waals surface area contributed by atoms with Gasteiger partial charge in [-0.15, -0.1) is 40.9 Å². The average molecular weight is 1940 g/mol. The molecule has 0 aliphatic heterocycles. The summed E-state index contributed by atoms with van der Waals surface area (Å²) < 4.78 is 126. The molecule has 12 aromatic heterocycles. The summed E-state index contributed by atoms with van der Waals surface area (Å²) in [6.45, 7) is 9.06. The fraction of sp³-hybridized carbons (Fsp3) is 0.114. The Bertz CT molecular complexity index is 7960. The Morgan fingerprint density at radius 1 is 0.373 bits per heavy atom. The van der Waals surface area contributed by atoms with Crippen molar-refractivity contribution in [1.29, 1.82) is 10.5 Å². The van der Waals surface area contributed by atoms with Gasteiger partial charge in [-0.25, -0.2) is 55.3 Å². The van der Waals surface area contributed by atoms with E-state index in [4.69, 9.17) is 22.9 Å². The summed E-state index contributed by atoms with van der Waals surface area (Å²) in [5.41, 5.74) is 25.1. The lowest BCUT2D eigenvalue weighted by molar-refractivity contribution is 0.0676. The van der Waals surface area contributed by atoms with Gasteiger partial charge in [0.2, 0.25) is 10.3 Å². The first-order valence-electron chi connectivity index (χ1n) is 36.6. The number of nitrogen functional groups attached to an aromatic ring is 4. The first-order chi connectivity index (χ1) is 63.1. The topological polar surface area (TPSA) is 863 Å². The number of azo groups is 4. The number of aromatic carboxylic acids is 4. The molecule has 0 atom stereocenters. The molecule has 16 rings (SSSR count). The lowest BCUT2D eigenvalue weighted by Crippen LogP contribution is -2.13. The monoisotopic (exact) mass is 1940 g/mol. The molecule has 0 saturated carbocycles. The Morgan fingerprint density at radius 2 is 0.649 bits per heavy atom. The fourth-order valence-corrected chi connectivity index (χ4v) is 16.9. The van der Waals surface area contributed by atoms with Crippen LogP contribution in [0.25, 0.3) is 65.9 Å². The molecule has 0 amide bonds. The molecule has 4 aromatic carbocycles. The number of aryl methyl sites for hydroxylation is 6. The highest BCUT2D eigenvalue weighted by Crippen LogP contribution is 2.42. The molecule has 0 aliphatic carbocycles. The van der Waals surface area contributed by atoms with Crippen LogP contribution in [-0.2, 0) is 39.9 Å². The second kappa shape index (κ2) is 34.0. The number of carbonyl (C=O) groups is 4. The quantitative estimate of drug-likeness (QED) is 0.0205. The minimum absolute atomic E-state index is 0.00917. The highest BCUT2D eigenvalue weighted by atomic mass is 32.2. The van der Waals surface area contributed by atoms with Crippen molar-refractivity contribution >= 4 is 176 Å². The van der Waals surface area contributed by atoms with Gasteiger partial charge in [0.25, 0.3) is 44.0 Å². The summed E-state index contributed by atoms with van der Waals surface area (Å²) in [5.74, 6) is -9.56. The van der Waals surface area contributed by atoms with Crippen LogP contribution in [-0.4, -0.2) is 228 Å². The molecule has 0 fully saturated rings. The molecule has 0 aliphatic rings. The van der Waals surface area contributed by atoms with Crippen LogP contribution in [0, 0.1) is 64.2 Å². The highest BCUT2D eigenvalue weighted by Gasteiger charge is 2.32. The first-order valence-corrected chi connectivity index (χ1v) is 44.9. The average Bonchev–Trinajstić information content (AvgIpc) is 1.63. The Kier molecular flexibility index (Phi) is 23.0. The normalized spacial score (nSPS) is 12.2. The van der Waals surface area contributed by atoms with E-state index in [1.54, 1.807) is 27.7 Å². The van der Waals surface area contributed by atoms with Gasteiger partial charge in [0, 0.05) is 12.5 Å². The Balaban J connectivity index is 0.000000204. The van der Waals surface area contributed by atoms with Gasteiger partial charge in [0.1, 0.15) is 33.1 Å². The Hall–Kier alpha value is -17.9. The van der Waals surface area contributed by atoms with Crippen LogP contribution >= 0.6 is 22.7 Å². The summed E-state index contributed by atoms with van der Waals surface area (Å²) in [6, 6.07) is 16.0. The van der Waals surface area contributed by atoms with Crippen LogP contribution in [0.15, 0.2) is 146 Å². The summed E-state index contributed by atoms with van der Waals surface area (Å²) in [4.78, 5) is 78.8. The predicted molar refractivity (Wildman–Crippen MR) is 458 cm³/mol. The van der Waals surface area contributed by atoms with E-state index in [0.29, 0.717) is 20.4 Å². The maximum atomic E-state index is 12.8. The molecule has 0 spiro atoms. The zero-order chi connectivity index (χ0) is 96.9. The number of aromatic hydroxyl groups is 2. The van der Waals surface area contributed by atoms with E-state index in [1.807, 2.05) is 12.1 Å². The number of carboxylic acid groups (broad SMARTS) is 4. The van der Waals surface area contributed by atoms with Crippen molar-refractivity contribution in [1.82, 2.24) is 118 Å². The van der Waals surface area contributed by atoms with Crippen molar-refractivity contribution in [3.05, 3.63) is 153 Å². The lowest BCUT2D eigenvalue weighted by atomic mass is 10.1. The number of benzene rings is 4. The molecule has 134 heavy (non-hydrogen) atoms. The maximum absolute atomic E-state index is 12.8. The number of thiazole rings is 2. The third kappa shape index (κ3) is 17.4. The molecule has 64 heteroatoms. The highest BCUT2D eigenvalue weighted by molar-refractivity contribution is 7.91. The van der Waals surface area contributed by atoms with Crippen LogP contribution in [0.2, 0.25) is 0 Å². The van der Waals surface area contributed by atoms with Crippen LogP contribution in [0.4, 0.5) is 69.3 Å². The van der Waals surface area contributed by atoms with Crippen LogP contribution in [0.3, 0.4) is 0 Å². The molecule has 0 radical (unpaired) electrons. The maximum Gasteiger partial charge on any atom is 0.335 e. The van der Waals surface area contributed by atoms with Gasteiger partial charge in [-0.05, 0) is 114 Å². The Labute approximate surface area is 752 Å². The van der Waals surface area contributed by atoms with Crippen LogP contribution < -0.4 is 22.9 Å². The number of sulfone groups is 2. The molecule has 680 valence electrons. The number of hydrogen-bond acceptors (Lipinski definition) is 46. The number of fused-ring (bicyclic) bond motifs is 2. The minimum atomic E-state index is -4.49. The van der Waals surface area contributed by atoms with Gasteiger partial charge in [0.15, 0.2) is 89.0 Å². The SMILES string of the molecule is Cc1nn(-c2nc(O)nc(-n3nc(C)c(N=Nc4c(S(C)(=O)=O)cnn4-c4cc(C(=O)O)cc(C(=O)O)c4)c3N)n2)c(N)c1N=Nc1c(S(C)(=O)=O)cnn1-c1cc(C(=O)O)cc(C(=O)O)c1.Cc1nn(-c2nc3ccc(S(=O)(=O)O)cc3s2)c(N=Nc2c(C)nn(-c3nc(O)nc(-n4nc(C)c(N=Nc5c(C#N)c(C)nn5-c5nc6ccc(S(=O)(=O)O)cc6s5)c4N)n3)c2N)c1C#N. The van der Waals surface area contributed by atoms with Gasteiger partial charge in [-0.3, -0.25) is 9.11 Å². The second-order valence-corrected chi connectivity index (χ2v) is 36.6. The fourth-order valence-electron chi connectivity index (χ4n) is 12.4. The number of nitrogens with two attached hydrogens (primary N) is 4. The summed E-state index contributed by atoms with van der Waals surface area (Å²) >= 11 is 2.03. The van der Waals surface area contributed by atoms with Crippen molar-refractivity contribution in [2.24, 2.45) is 40.9 Å². The number of aromatic nitrogens is 24. The molecular formula is C70H54N38O20S6. The third-order valence-corrected chi connectivity index (χ3v) is 24.5. The van der Waals surface area contributed by atoms with Crippen molar-refractivity contribution in [3.63, 3.8) is 0 Å². The van der Waals surface area contributed by atoms with Gasteiger partial charge in [-0.1, -0.05) is 22.7 Å². The van der Waals surface area contributed by atoms with Crippen molar-refractivity contribution < 1.29 is 92.6 Å². The number of hydrogen-bond donors (Lipinski definition) is 12. The zero-order valence-electron chi connectivity index (χ0n) is 68.5. The van der Waals surface area contributed by atoms with E-state index < -0.39 is 131 Å². The smallest absolute Gasteiger partial charge is 0.335 e. The molecule has 16 aromatic rings. The lowest BCUT2D eigenvalue weighted by Gasteiger charge is -2.08. The number of anilines is 4. The number of rotatable bonds is 24. The predicted octanol–water partition coefficient (Wildman–Crippen LogP) is 7.54. The molecule has 0 bridgehead atoms. The van der Waals surface area contributed by atoms with E-state index in [-0.39, 0.29) is 146 Å². The second-order valence-electron chi connectivity index (χ2n) is 27.8. The van der Waals surface area contributed by atoms with Crippen LogP contribution in [0.1, 0.15) is 86.7 Å². The van der Waals surface area contributed by atoms with Gasteiger partial charge >= 0.3 is 35.9 Å². The molecule has 16 N–H and O–H groups in total. The van der Waals surface area contributed by atoms with Crippen molar-refractivity contribution in [2.45, 2.75) is 61.1 Å². The largest absolute Gasteiger partial charge is 0.479 e. The number of nitrogens with zero attached hydrogens (tertiary/aromatic N) is 34. The number of carboxylic acids is 4. The van der Waals surface area contributed by atoms with E-state index >= 15 is 0 Å². The van der Waals surface area contributed by atoms with E-state index in [0.717, 1.165) is 112 Å². The third-order valence-electron chi connectivity index (χ3n) is 18.7. The molecule has 12 heterocycles. The zero-order valence-corrected chi connectivity index (χ0v) is 73.4. The van der Waals surface area contributed by atoms with E-state index in [9.17, 15) is 103 Å². The molecular weight excluding hydrogens is 1890 g/mol. The summed E-state index contributed by atoms with van der Waals surface area (Å²) in [7, 11) is -17.2. The standard InChI is InChI=1S/C35H25N21O7S4.C35H29N17O13S2/c1-13-19(11-36)29(55(49-13)34-40-21-7-5-17(66(58,59)60)9-23(21)64-34)47-45-25-15(3)51-53(27(25)38)31-42-32(44-33(57)43-31)54-28(39)26(16(4)52-54)46-48-30-20(12-37)14(2)50-56(30)35-41-22-8-6-18(67(61,62)63)10-24(22)65-35;1-13-23(43-45-27-21(66(3,62)63)11-38-49(27)19-7-15(29(53)54)5-16(8-19)30(55)56)25(36)51(47-13)33-40-34(42-35(61)41-33)52-26(37)24(14(2)48-52)44-46-28-22(67(4,64)65)12-39-50(28)20-9-17(31(57)58)6-18(10-20)32(59)60/h5-10H,38-39H2,1-4H3,(H,58,59,60)(H,61,62,63)(H,42,43,44,57);5-12H,36-37H2,1-4H3,(H,53,54)(H,55,56)(H,57,58)(H,59,60)(H,40,41,42,61). The van der Waals surface area contributed by atoms with Gasteiger partial charge in [-0.2, -0.15) is 126 Å². The Morgan fingerprint density at radius 3 is 0.910 bits per heavy atom. The van der Waals surface area contributed by atoms with E-state index in [2.05, 4.69) is 122 Å². The van der Waals surface area contributed by atoms with Crippen molar-refractivity contribution in [3.8, 4) is 69.6 Å². The summed E-state index contributed by atoms with van der Waals surface area (Å²) in [6.07, 6.45) is 3.46. The van der Waals surface area contributed by atoms with Gasteiger partial charge < -0.3 is 53.6 Å². The van der Waals surface area contributed by atoms with Crippen molar-refractivity contribution in [2.75, 3.05) is 35.4 Å². The summed E-state index contributed by atoms with van der Waals surface area (Å²) in [5, 5.41) is 148. The minimum Gasteiger partial charge on any atom is -0.479 e. The number of nitriles is 2. The molecule has 0 unspecified atom stereocenters.